The van der Waals surface area contributed by atoms with Crippen LogP contribution in [-0.4, -0.2) is 65.1 Å². The molecule has 0 spiro atoms. The van der Waals surface area contributed by atoms with Crippen LogP contribution >= 0.6 is 0 Å². The summed E-state index contributed by atoms with van der Waals surface area (Å²) in [6, 6.07) is 0. The molecule has 1 aromatic rings. The van der Waals surface area contributed by atoms with Crippen LogP contribution in [0, 0.1) is 5.41 Å². The van der Waals surface area contributed by atoms with Crippen molar-refractivity contribution in [2.75, 3.05) is 38.7 Å². The average Bonchev–Trinajstić information content (AvgIpc) is 2.85. The number of nitrogens with one attached hydrogen (secondary N) is 1. The van der Waals surface area contributed by atoms with Gasteiger partial charge in [0.1, 0.15) is 5.82 Å². The third-order valence-corrected chi connectivity index (χ3v) is 7.19. The van der Waals surface area contributed by atoms with Gasteiger partial charge in [0.2, 0.25) is 0 Å². The summed E-state index contributed by atoms with van der Waals surface area (Å²) in [6.45, 7) is 12.0. The molecule has 5 N–H and O–H groups in total. The van der Waals surface area contributed by atoms with Gasteiger partial charge in [-0.05, 0) is 43.6 Å². The number of likely N-dealkylation sites (N-methyl/N-ethyl adjacent to an activating group) is 1. The van der Waals surface area contributed by atoms with E-state index in [0.717, 1.165) is 62.2 Å². The molecule has 1 heterocycles. The predicted molar refractivity (Wildman–Crippen MR) is 148 cm³/mol. The third-order valence-electron chi connectivity index (χ3n) is 7.19. The van der Waals surface area contributed by atoms with E-state index in [4.69, 9.17) is 5.73 Å². The van der Waals surface area contributed by atoms with Crippen LogP contribution in [0.25, 0.3) is 0 Å². The first kappa shape index (κ1) is 29.9. The zero-order valence-corrected chi connectivity index (χ0v) is 23.6. The van der Waals surface area contributed by atoms with Crippen LogP contribution in [0.2, 0.25) is 0 Å². The van der Waals surface area contributed by atoms with Crippen molar-refractivity contribution in [3.63, 3.8) is 0 Å². The molecule has 0 bridgehead atoms. The SMILES string of the molecule is CCCCC(C)(CCCN(c1cnc(C(C)(C)C)cn1)C(O)CO)CN(C)C1=C(N)CCC(NC)=C1. The Labute approximate surface area is 218 Å². The lowest BCUT2D eigenvalue weighted by Crippen LogP contribution is -2.40. The molecule has 0 aliphatic heterocycles. The highest BCUT2D eigenvalue weighted by atomic mass is 16.3. The third kappa shape index (κ3) is 8.37. The van der Waals surface area contributed by atoms with Crippen molar-refractivity contribution < 1.29 is 10.2 Å². The fourth-order valence-corrected chi connectivity index (χ4v) is 4.87. The van der Waals surface area contributed by atoms with Gasteiger partial charge in [-0.1, -0.05) is 47.5 Å². The van der Waals surface area contributed by atoms with Crippen LogP contribution in [0.3, 0.4) is 0 Å². The number of anilines is 1. The van der Waals surface area contributed by atoms with Gasteiger partial charge < -0.3 is 31.1 Å². The highest BCUT2D eigenvalue weighted by Crippen LogP contribution is 2.34. The first-order chi connectivity index (χ1) is 16.9. The van der Waals surface area contributed by atoms with Gasteiger partial charge in [0, 0.05) is 44.0 Å². The van der Waals surface area contributed by atoms with E-state index in [2.05, 4.69) is 67.9 Å². The second kappa shape index (κ2) is 13.3. The Hall–Kier alpha value is -2.32. The maximum atomic E-state index is 10.5. The van der Waals surface area contributed by atoms with E-state index in [0.29, 0.717) is 12.4 Å². The molecular weight excluding hydrogens is 452 g/mol. The molecule has 204 valence electrons. The van der Waals surface area contributed by atoms with Crippen molar-refractivity contribution in [1.29, 1.82) is 0 Å². The molecule has 8 nitrogen and oxygen atoms in total. The summed E-state index contributed by atoms with van der Waals surface area (Å²) in [6.07, 6.45) is 11.7. The highest BCUT2D eigenvalue weighted by Gasteiger charge is 2.28. The van der Waals surface area contributed by atoms with E-state index < -0.39 is 6.23 Å². The average molecular weight is 503 g/mol. The molecule has 1 aromatic heterocycles. The Morgan fingerprint density at radius 2 is 1.81 bits per heavy atom. The zero-order valence-electron chi connectivity index (χ0n) is 23.6. The second-order valence-corrected chi connectivity index (χ2v) is 11.6. The molecule has 1 aliphatic rings. The monoisotopic (exact) mass is 502 g/mol. The fourth-order valence-electron chi connectivity index (χ4n) is 4.87. The van der Waals surface area contributed by atoms with Gasteiger partial charge in [-0.15, -0.1) is 0 Å². The predicted octanol–water partition coefficient (Wildman–Crippen LogP) is 3.87. The Bertz CT molecular complexity index is 877. The van der Waals surface area contributed by atoms with Gasteiger partial charge in [0.25, 0.3) is 0 Å². The lowest BCUT2D eigenvalue weighted by molar-refractivity contribution is 0.0892. The van der Waals surface area contributed by atoms with Crippen molar-refractivity contribution in [2.45, 2.75) is 91.2 Å². The van der Waals surface area contributed by atoms with Crippen molar-refractivity contribution in [1.82, 2.24) is 20.2 Å². The quantitative estimate of drug-likeness (QED) is 0.284. The lowest BCUT2D eigenvalue weighted by Gasteiger charge is -2.38. The number of aliphatic hydroxyl groups excluding tert-OH is 2. The molecule has 1 aliphatic carbocycles. The number of nitrogens with two attached hydrogens (primary N) is 1. The number of rotatable bonds is 14. The summed E-state index contributed by atoms with van der Waals surface area (Å²) in [5, 5.41) is 23.5. The van der Waals surface area contributed by atoms with Crippen molar-refractivity contribution in [3.8, 4) is 0 Å². The van der Waals surface area contributed by atoms with Gasteiger partial charge in [0.05, 0.1) is 30.4 Å². The number of aromatic nitrogens is 2. The molecule has 0 aromatic carbocycles. The van der Waals surface area contributed by atoms with Crippen molar-refractivity contribution in [3.05, 3.63) is 41.3 Å². The van der Waals surface area contributed by atoms with Crippen LogP contribution in [0.4, 0.5) is 5.82 Å². The molecule has 8 heteroatoms. The number of aliphatic hydroxyl groups is 2. The van der Waals surface area contributed by atoms with Gasteiger partial charge in [-0.25, -0.2) is 4.98 Å². The second-order valence-electron chi connectivity index (χ2n) is 11.6. The largest absolute Gasteiger partial charge is 0.400 e. The smallest absolute Gasteiger partial charge is 0.151 e. The standard InChI is InChI=1S/C28H50N6O2/c1-8-9-13-28(5,20-33(7)23-16-21(30-6)11-12-22(23)29)14-10-15-34(26(36)19-35)25-18-31-24(17-32-25)27(2,3)4/h16-18,26,30,35-36H,8-15,19-20,29H2,1-7H3. The molecular formula is C28H50N6O2. The van der Waals surface area contributed by atoms with E-state index in [-0.39, 0.29) is 17.4 Å². The molecule has 0 saturated carbocycles. The van der Waals surface area contributed by atoms with Crippen LogP contribution in [-0.2, 0) is 5.41 Å². The first-order valence-corrected chi connectivity index (χ1v) is 13.4. The molecule has 0 amide bonds. The van der Waals surface area contributed by atoms with Gasteiger partial charge in [0.15, 0.2) is 6.23 Å². The van der Waals surface area contributed by atoms with Gasteiger partial charge >= 0.3 is 0 Å². The number of hydrogen-bond donors (Lipinski definition) is 4. The van der Waals surface area contributed by atoms with Gasteiger partial charge in [-0.2, -0.15) is 0 Å². The Morgan fingerprint density at radius 1 is 1.11 bits per heavy atom. The zero-order chi connectivity index (χ0) is 26.9. The summed E-state index contributed by atoms with van der Waals surface area (Å²) < 4.78 is 0. The molecule has 36 heavy (non-hydrogen) atoms. The minimum Gasteiger partial charge on any atom is -0.400 e. The maximum Gasteiger partial charge on any atom is 0.151 e. The fraction of sp³-hybridized carbons (Fsp3) is 0.714. The van der Waals surface area contributed by atoms with E-state index in [1.807, 2.05) is 7.05 Å². The molecule has 2 unspecified atom stereocenters. The summed E-state index contributed by atoms with van der Waals surface area (Å²) in [5.41, 5.74) is 10.6. The van der Waals surface area contributed by atoms with E-state index >= 15 is 0 Å². The van der Waals surface area contributed by atoms with Crippen LogP contribution in [0.15, 0.2) is 35.6 Å². The minimum absolute atomic E-state index is 0.0841. The van der Waals surface area contributed by atoms with E-state index in [1.54, 1.807) is 17.3 Å². The number of hydrogen-bond acceptors (Lipinski definition) is 8. The van der Waals surface area contributed by atoms with E-state index in [9.17, 15) is 10.2 Å². The lowest BCUT2D eigenvalue weighted by atomic mass is 9.79. The van der Waals surface area contributed by atoms with Gasteiger partial charge in [-0.3, -0.25) is 4.98 Å². The van der Waals surface area contributed by atoms with E-state index in [1.165, 1.54) is 12.1 Å². The van der Waals surface area contributed by atoms with Crippen molar-refractivity contribution >= 4 is 5.82 Å². The normalized spacial score (nSPS) is 16.9. The van der Waals surface area contributed by atoms with Crippen LogP contribution in [0.1, 0.15) is 85.3 Å². The number of nitrogens with zero attached hydrogens (tertiary/aromatic N) is 4. The molecule has 0 fully saturated rings. The minimum atomic E-state index is -1.01. The summed E-state index contributed by atoms with van der Waals surface area (Å²) in [5.74, 6) is 0.585. The topological polar surface area (TPSA) is 111 Å². The molecule has 2 rings (SSSR count). The van der Waals surface area contributed by atoms with Crippen LogP contribution < -0.4 is 16.0 Å². The molecule has 0 radical (unpaired) electrons. The Kier molecular flexibility index (Phi) is 11.0. The number of unbranched alkanes of at least 4 members (excludes halogenated alkanes) is 1. The molecule has 2 atom stereocenters. The van der Waals surface area contributed by atoms with Crippen molar-refractivity contribution in [2.24, 2.45) is 11.1 Å². The highest BCUT2D eigenvalue weighted by molar-refractivity contribution is 5.37. The Balaban J connectivity index is 2.13. The first-order valence-electron chi connectivity index (χ1n) is 13.4. The maximum absolute atomic E-state index is 10.5. The Morgan fingerprint density at radius 3 is 2.36 bits per heavy atom. The molecule has 0 saturated heterocycles. The summed E-state index contributed by atoms with van der Waals surface area (Å²) in [4.78, 5) is 13.2. The number of allylic oxidation sites excluding steroid dienone is 3. The van der Waals surface area contributed by atoms with Crippen LogP contribution in [0.5, 0.6) is 0 Å². The summed E-state index contributed by atoms with van der Waals surface area (Å²) in [7, 11) is 4.10. The summed E-state index contributed by atoms with van der Waals surface area (Å²) >= 11 is 0.